The topological polar surface area (TPSA) is 104 Å². The van der Waals surface area contributed by atoms with Crippen LogP contribution in [0, 0.1) is 22.7 Å². The number of nitrogens with zero attached hydrogens (tertiary/aromatic N) is 6. The van der Waals surface area contributed by atoms with E-state index in [9.17, 15) is 10.5 Å². The molecule has 0 aliphatic heterocycles. The fourth-order valence-corrected chi connectivity index (χ4v) is 9.10. The van der Waals surface area contributed by atoms with Gasteiger partial charge in [0.15, 0.2) is 17.5 Å². The zero-order chi connectivity index (χ0) is 44.1. The molecule has 12 rings (SSSR count). The van der Waals surface area contributed by atoms with Crippen molar-refractivity contribution in [3.63, 3.8) is 0 Å². The average molecular weight is 843 g/mol. The third kappa shape index (κ3) is 6.64. The maximum absolute atomic E-state index is 9.79. The van der Waals surface area contributed by atoms with E-state index < -0.39 is 0 Å². The first kappa shape index (κ1) is 38.3. The summed E-state index contributed by atoms with van der Waals surface area (Å²) in [7, 11) is 0. The summed E-state index contributed by atoms with van der Waals surface area (Å²) in [6.45, 7) is 0. The van der Waals surface area contributed by atoms with Gasteiger partial charge in [-0.1, -0.05) is 127 Å². The highest BCUT2D eigenvalue weighted by Gasteiger charge is 2.22. The standard InChI is InChI=1S/C59H34N6O/c60-35-37-11-9-17-41(29-37)43-21-25-52-48(31-43)49-32-44(42-18-10-12-38(30-42)36-61)22-26-53(49)65(52)54-27-23-45(46-24-28-56-50(33-46)47-19-7-8-20-55(47)66-56)34-51(54)59-63-57(39-13-3-1-4-14-39)62-58(64-59)40-15-5-2-6-16-40/h1-34H. The number of fused-ring (bicyclic) bond motifs is 6. The van der Waals surface area contributed by atoms with Gasteiger partial charge in [-0.2, -0.15) is 10.5 Å². The van der Waals surface area contributed by atoms with Gasteiger partial charge in [0.1, 0.15) is 11.2 Å². The molecule has 3 heterocycles. The molecule has 66 heavy (non-hydrogen) atoms. The normalized spacial score (nSPS) is 11.3. The summed E-state index contributed by atoms with van der Waals surface area (Å²) >= 11 is 0. The number of benzene rings is 9. The maximum Gasteiger partial charge on any atom is 0.166 e. The van der Waals surface area contributed by atoms with E-state index in [0.29, 0.717) is 28.6 Å². The van der Waals surface area contributed by atoms with Crippen molar-refractivity contribution < 1.29 is 4.42 Å². The Balaban J connectivity index is 1.15. The Morgan fingerprint density at radius 2 is 0.803 bits per heavy atom. The first-order valence-electron chi connectivity index (χ1n) is 21.6. The monoisotopic (exact) mass is 842 g/mol. The van der Waals surface area contributed by atoms with Gasteiger partial charge in [-0.3, -0.25) is 0 Å². The summed E-state index contributed by atoms with van der Waals surface area (Å²) in [4.78, 5) is 15.6. The maximum atomic E-state index is 9.79. The fraction of sp³-hybridized carbons (Fsp3) is 0. The van der Waals surface area contributed by atoms with Crippen LogP contribution in [0.1, 0.15) is 11.1 Å². The molecule has 12 aromatic rings. The molecule has 0 saturated heterocycles. The van der Waals surface area contributed by atoms with E-state index in [2.05, 4.69) is 89.5 Å². The first-order valence-corrected chi connectivity index (χ1v) is 21.6. The molecule has 0 bridgehead atoms. The van der Waals surface area contributed by atoms with Crippen molar-refractivity contribution >= 4 is 43.7 Å². The third-order valence-electron chi connectivity index (χ3n) is 12.3. The lowest BCUT2D eigenvalue weighted by Gasteiger charge is -2.16. The van der Waals surface area contributed by atoms with Gasteiger partial charge in [0.25, 0.3) is 0 Å². The van der Waals surface area contributed by atoms with E-state index >= 15 is 0 Å². The van der Waals surface area contributed by atoms with Crippen LogP contribution in [0.4, 0.5) is 0 Å². The highest BCUT2D eigenvalue weighted by atomic mass is 16.3. The van der Waals surface area contributed by atoms with E-state index in [1.165, 1.54) is 0 Å². The van der Waals surface area contributed by atoms with Gasteiger partial charge < -0.3 is 8.98 Å². The van der Waals surface area contributed by atoms with Gasteiger partial charge in [0.2, 0.25) is 0 Å². The molecule has 0 unspecified atom stereocenters. The number of nitriles is 2. The van der Waals surface area contributed by atoms with Gasteiger partial charge in [-0.25, -0.2) is 15.0 Å². The second kappa shape index (κ2) is 15.7. The summed E-state index contributed by atoms with van der Waals surface area (Å²) in [6.07, 6.45) is 0. The molecule has 0 atom stereocenters. The van der Waals surface area contributed by atoms with E-state index in [4.69, 9.17) is 19.4 Å². The third-order valence-corrected chi connectivity index (χ3v) is 12.3. The molecule has 0 saturated carbocycles. The smallest absolute Gasteiger partial charge is 0.166 e. The molecule has 7 nitrogen and oxygen atoms in total. The number of hydrogen-bond acceptors (Lipinski definition) is 6. The average Bonchev–Trinajstić information content (AvgIpc) is 3.93. The van der Waals surface area contributed by atoms with Gasteiger partial charge in [0.05, 0.1) is 40.0 Å². The highest BCUT2D eigenvalue weighted by Crippen LogP contribution is 2.42. The minimum atomic E-state index is 0.527. The Hall–Kier alpha value is -9.43. The summed E-state index contributed by atoms with van der Waals surface area (Å²) in [6, 6.07) is 74.1. The van der Waals surface area contributed by atoms with E-state index in [1.54, 1.807) is 0 Å². The molecule has 306 valence electrons. The molecular formula is C59H34N6O. The van der Waals surface area contributed by atoms with Gasteiger partial charge >= 0.3 is 0 Å². The molecule has 0 aliphatic rings. The summed E-state index contributed by atoms with van der Waals surface area (Å²) in [5.74, 6) is 1.66. The lowest BCUT2D eigenvalue weighted by atomic mass is 9.99. The van der Waals surface area contributed by atoms with Crippen LogP contribution in [0.3, 0.4) is 0 Å². The highest BCUT2D eigenvalue weighted by molar-refractivity contribution is 6.12. The first-order chi connectivity index (χ1) is 32.6. The van der Waals surface area contributed by atoms with Crippen LogP contribution < -0.4 is 0 Å². The minimum Gasteiger partial charge on any atom is -0.456 e. The van der Waals surface area contributed by atoms with Crippen LogP contribution >= 0.6 is 0 Å². The van der Waals surface area contributed by atoms with Crippen LogP contribution in [-0.2, 0) is 0 Å². The van der Waals surface area contributed by atoms with Crippen LogP contribution in [0.5, 0.6) is 0 Å². The Labute approximate surface area is 379 Å². The molecule has 0 N–H and O–H groups in total. The zero-order valence-corrected chi connectivity index (χ0v) is 35.2. The number of para-hydroxylation sites is 1. The van der Waals surface area contributed by atoms with Crippen molar-refractivity contribution in [3.8, 4) is 85.4 Å². The Morgan fingerprint density at radius 3 is 1.39 bits per heavy atom. The molecule has 0 radical (unpaired) electrons. The lowest BCUT2D eigenvalue weighted by molar-refractivity contribution is 0.669. The van der Waals surface area contributed by atoms with Crippen molar-refractivity contribution in [1.29, 1.82) is 10.5 Å². The van der Waals surface area contributed by atoms with Crippen LogP contribution in [0.25, 0.3) is 117 Å². The molecule has 0 fully saturated rings. The van der Waals surface area contributed by atoms with Crippen molar-refractivity contribution in [2.24, 2.45) is 0 Å². The lowest BCUT2D eigenvalue weighted by Crippen LogP contribution is -2.04. The van der Waals surface area contributed by atoms with Gasteiger partial charge in [0, 0.05) is 38.2 Å². The summed E-state index contributed by atoms with van der Waals surface area (Å²) in [5, 5.41) is 23.7. The molecule has 7 heteroatoms. The number of hydrogen-bond donors (Lipinski definition) is 0. The predicted octanol–water partition coefficient (Wildman–Crippen LogP) is 14.6. The van der Waals surface area contributed by atoms with Gasteiger partial charge in [-0.05, 0) is 112 Å². The molecule has 3 aromatic heterocycles. The van der Waals surface area contributed by atoms with E-state index in [1.807, 2.05) is 133 Å². The number of aromatic nitrogens is 4. The fourth-order valence-electron chi connectivity index (χ4n) is 9.10. The molecule has 0 aliphatic carbocycles. The van der Waals surface area contributed by atoms with E-state index in [0.717, 1.165) is 99.5 Å². The van der Waals surface area contributed by atoms with Crippen LogP contribution in [0.15, 0.2) is 211 Å². The van der Waals surface area contributed by atoms with E-state index in [-0.39, 0.29) is 0 Å². The van der Waals surface area contributed by atoms with Crippen LogP contribution in [0.2, 0.25) is 0 Å². The summed E-state index contributed by atoms with van der Waals surface area (Å²) in [5.41, 5.74) is 14.2. The molecular weight excluding hydrogens is 809 g/mol. The zero-order valence-electron chi connectivity index (χ0n) is 35.2. The quantitative estimate of drug-likeness (QED) is 0.158. The van der Waals surface area contributed by atoms with Crippen molar-refractivity contribution in [3.05, 3.63) is 217 Å². The molecule has 0 amide bonds. The number of furan rings is 1. The second-order valence-corrected chi connectivity index (χ2v) is 16.3. The van der Waals surface area contributed by atoms with Crippen molar-refractivity contribution in [2.45, 2.75) is 0 Å². The predicted molar refractivity (Wildman–Crippen MR) is 263 cm³/mol. The summed E-state index contributed by atoms with van der Waals surface area (Å²) < 4.78 is 8.54. The number of rotatable bonds is 7. The molecule has 9 aromatic carbocycles. The largest absolute Gasteiger partial charge is 0.456 e. The SMILES string of the molecule is N#Cc1cccc(-c2ccc3c(c2)c2cc(-c4cccc(C#N)c4)ccc2n3-c2ccc(-c3ccc4oc5ccccc5c4c3)cc2-c2nc(-c3ccccc3)nc(-c3ccccc3)n2)c1. The molecule has 0 spiro atoms. The minimum absolute atomic E-state index is 0.527. The Bertz CT molecular complexity index is 3790. The second-order valence-electron chi connectivity index (χ2n) is 16.3. The Morgan fingerprint density at radius 1 is 0.348 bits per heavy atom. The van der Waals surface area contributed by atoms with Gasteiger partial charge in [-0.15, -0.1) is 0 Å². The van der Waals surface area contributed by atoms with Crippen molar-refractivity contribution in [2.75, 3.05) is 0 Å². The Kier molecular flexibility index (Phi) is 9.12. The van der Waals surface area contributed by atoms with Crippen LogP contribution in [-0.4, -0.2) is 19.5 Å². The van der Waals surface area contributed by atoms with Crippen molar-refractivity contribution in [1.82, 2.24) is 19.5 Å².